The molecule has 2 aliphatic heterocycles. The lowest BCUT2D eigenvalue weighted by Crippen LogP contribution is -2.30. The Labute approximate surface area is 178 Å². The van der Waals surface area contributed by atoms with Crippen LogP contribution in [0.1, 0.15) is 11.1 Å². The average molecular weight is 414 g/mol. The minimum atomic E-state index is 0.704. The van der Waals surface area contributed by atoms with Crippen molar-refractivity contribution in [2.45, 2.75) is 0 Å². The number of rotatable bonds is 5. The summed E-state index contributed by atoms with van der Waals surface area (Å²) in [7, 11) is 0. The van der Waals surface area contributed by atoms with Crippen LogP contribution in [0.2, 0.25) is 0 Å². The number of fused-ring (bicyclic) bond motifs is 1. The molecule has 0 saturated carbocycles. The summed E-state index contributed by atoms with van der Waals surface area (Å²) < 4.78 is 2.00. The summed E-state index contributed by atoms with van der Waals surface area (Å²) in [5, 5.41) is 14.6. The highest BCUT2D eigenvalue weighted by Gasteiger charge is 2.06. The fourth-order valence-corrected chi connectivity index (χ4v) is 3.25. The fourth-order valence-electron chi connectivity index (χ4n) is 3.25. The first-order valence-electron chi connectivity index (χ1n) is 10.1. The number of imidazole rings is 1. The molecule has 0 fully saturated rings. The standard InChI is InChI=1S/C21H22N10/c1-4-17(5-2-15(1)11-26-29-20-22-7-8-23-20)18-14-31-13-16(3-6-19(31)28-18)12-27-30-21-24-9-10-25-21/h1-6,11-14H,7-10H2,(H2,22,23,29)(H2,24,25,30)/b26-11+,27-12+. The Bertz CT molecular complexity index is 1190. The Morgan fingerprint density at radius 1 is 0.806 bits per heavy atom. The van der Waals surface area contributed by atoms with Crippen molar-refractivity contribution in [2.75, 3.05) is 26.2 Å². The van der Waals surface area contributed by atoms with Gasteiger partial charge in [-0.3, -0.25) is 0 Å². The maximum Gasteiger partial charge on any atom is 0.212 e. The Hall–Kier alpha value is -4.21. The highest BCUT2D eigenvalue weighted by Crippen LogP contribution is 2.19. The molecule has 0 aliphatic carbocycles. The number of pyridine rings is 1. The van der Waals surface area contributed by atoms with Crippen molar-refractivity contribution in [3.05, 3.63) is 59.9 Å². The molecule has 0 atom stereocenters. The second-order valence-corrected chi connectivity index (χ2v) is 7.03. The molecule has 10 nitrogen and oxygen atoms in total. The largest absolute Gasteiger partial charge is 0.353 e. The zero-order valence-electron chi connectivity index (χ0n) is 16.8. The van der Waals surface area contributed by atoms with E-state index in [0.717, 1.165) is 54.2 Å². The van der Waals surface area contributed by atoms with Crippen LogP contribution in [0.5, 0.6) is 0 Å². The highest BCUT2D eigenvalue weighted by molar-refractivity contribution is 5.86. The first kappa shape index (κ1) is 18.8. The molecule has 0 spiro atoms. The molecule has 2 aliphatic rings. The zero-order valence-corrected chi connectivity index (χ0v) is 16.8. The third-order valence-electron chi connectivity index (χ3n) is 4.80. The van der Waals surface area contributed by atoms with Crippen LogP contribution < -0.4 is 21.5 Å². The lowest BCUT2D eigenvalue weighted by Gasteiger charge is -2.00. The van der Waals surface area contributed by atoms with Crippen molar-refractivity contribution < 1.29 is 0 Å². The molecule has 0 unspecified atom stereocenters. The van der Waals surface area contributed by atoms with Gasteiger partial charge in [-0.1, -0.05) is 24.3 Å². The van der Waals surface area contributed by atoms with Crippen LogP contribution in [-0.2, 0) is 0 Å². The quantitative estimate of drug-likeness (QED) is 0.364. The molecule has 3 aromatic rings. The molecule has 4 heterocycles. The molecule has 1 aromatic carbocycles. The third-order valence-corrected chi connectivity index (χ3v) is 4.80. The van der Waals surface area contributed by atoms with Crippen molar-refractivity contribution in [2.24, 2.45) is 20.2 Å². The molecular weight excluding hydrogens is 392 g/mol. The molecular formula is C21H22N10. The van der Waals surface area contributed by atoms with E-state index < -0.39 is 0 Å². The summed E-state index contributed by atoms with van der Waals surface area (Å²) in [5.74, 6) is 1.41. The number of hydrogen-bond acceptors (Lipinski definition) is 9. The van der Waals surface area contributed by atoms with Gasteiger partial charge in [0.25, 0.3) is 0 Å². The molecule has 156 valence electrons. The molecule has 0 amide bonds. The first-order valence-corrected chi connectivity index (χ1v) is 10.1. The van der Waals surface area contributed by atoms with Gasteiger partial charge in [-0.15, -0.1) is 0 Å². The summed E-state index contributed by atoms with van der Waals surface area (Å²) in [4.78, 5) is 13.2. The summed E-state index contributed by atoms with van der Waals surface area (Å²) in [6, 6.07) is 12.1. The van der Waals surface area contributed by atoms with Crippen LogP contribution in [0.15, 0.2) is 69.0 Å². The van der Waals surface area contributed by atoms with Gasteiger partial charge in [0.05, 0.1) is 31.2 Å². The van der Waals surface area contributed by atoms with Gasteiger partial charge in [0.1, 0.15) is 5.65 Å². The van der Waals surface area contributed by atoms with E-state index in [1.165, 1.54) is 0 Å². The van der Waals surface area contributed by atoms with Gasteiger partial charge < -0.3 is 15.0 Å². The van der Waals surface area contributed by atoms with Crippen molar-refractivity contribution in [1.82, 2.24) is 30.9 Å². The number of nitrogens with one attached hydrogen (secondary N) is 4. The van der Waals surface area contributed by atoms with Crippen molar-refractivity contribution in [1.29, 1.82) is 0 Å². The molecule has 31 heavy (non-hydrogen) atoms. The Balaban J connectivity index is 1.26. The van der Waals surface area contributed by atoms with E-state index in [9.17, 15) is 0 Å². The summed E-state index contributed by atoms with van der Waals surface area (Å²) >= 11 is 0. The second kappa shape index (κ2) is 8.66. The predicted octanol–water partition coefficient (Wildman–Crippen LogP) is 0.767. The molecule has 10 heteroatoms. The van der Waals surface area contributed by atoms with Gasteiger partial charge in [-0.25, -0.2) is 25.8 Å². The van der Waals surface area contributed by atoms with Crippen LogP contribution in [0, 0.1) is 0 Å². The Morgan fingerprint density at radius 3 is 2.10 bits per heavy atom. The summed E-state index contributed by atoms with van der Waals surface area (Å²) in [6.45, 7) is 3.26. The normalized spacial score (nSPS) is 15.9. The molecule has 2 aromatic heterocycles. The zero-order chi connectivity index (χ0) is 20.9. The number of hydrogen-bond donors (Lipinski definition) is 4. The number of nitrogens with zero attached hydrogens (tertiary/aromatic N) is 6. The van der Waals surface area contributed by atoms with Gasteiger partial charge in [-0.05, 0) is 17.7 Å². The minimum Gasteiger partial charge on any atom is -0.353 e. The summed E-state index contributed by atoms with van der Waals surface area (Å²) in [5.41, 5.74) is 10.6. The molecule has 0 bridgehead atoms. The van der Waals surface area contributed by atoms with E-state index in [0.29, 0.717) is 11.9 Å². The second-order valence-electron chi connectivity index (χ2n) is 7.03. The maximum atomic E-state index is 4.72. The van der Waals surface area contributed by atoms with E-state index >= 15 is 0 Å². The van der Waals surface area contributed by atoms with Crippen molar-refractivity contribution in [3.8, 4) is 11.3 Å². The SMILES string of the molecule is C(=N\NC1=NCCN1)/c1ccc(-c2cn3cc(/C=N/NC4=NCCN4)ccc3n2)cc1. The Morgan fingerprint density at radius 2 is 1.45 bits per heavy atom. The van der Waals surface area contributed by atoms with Gasteiger partial charge in [0, 0.05) is 36.6 Å². The van der Waals surface area contributed by atoms with E-state index in [4.69, 9.17) is 4.98 Å². The number of hydrazone groups is 2. The maximum absolute atomic E-state index is 4.72. The van der Waals surface area contributed by atoms with Crippen LogP contribution in [0.25, 0.3) is 16.9 Å². The monoisotopic (exact) mass is 414 g/mol. The highest BCUT2D eigenvalue weighted by atomic mass is 15.4. The lowest BCUT2D eigenvalue weighted by molar-refractivity contribution is 0.919. The van der Waals surface area contributed by atoms with E-state index in [1.807, 2.05) is 53.2 Å². The van der Waals surface area contributed by atoms with Gasteiger partial charge in [0.15, 0.2) is 0 Å². The predicted molar refractivity (Wildman–Crippen MR) is 123 cm³/mol. The number of aliphatic imine (C=N–C) groups is 2. The van der Waals surface area contributed by atoms with Crippen molar-refractivity contribution in [3.63, 3.8) is 0 Å². The summed E-state index contributed by atoms with van der Waals surface area (Å²) in [6.07, 6.45) is 7.53. The molecule has 0 saturated heterocycles. The number of benzene rings is 1. The van der Waals surface area contributed by atoms with E-state index in [1.54, 1.807) is 12.4 Å². The Kier molecular flexibility index (Phi) is 5.25. The third kappa shape index (κ3) is 4.53. The topological polar surface area (TPSA) is 115 Å². The van der Waals surface area contributed by atoms with Gasteiger partial charge in [-0.2, -0.15) is 10.2 Å². The van der Waals surface area contributed by atoms with Gasteiger partial charge in [0.2, 0.25) is 11.9 Å². The minimum absolute atomic E-state index is 0.704. The van der Waals surface area contributed by atoms with E-state index in [2.05, 4.69) is 41.7 Å². The molecule has 4 N–H and O–H groups in total. The van der Waals surface area contributed by atoms with Gasteiger partial charge >= 0.3 is 0 Å². The van der Waals surface area contributed by atoms with Crippen LogP contribution in [-0.4, -0.2) is 59.9 Å². The number of aromatic nitrogens is 2. The van der Waals surface area contributed by atoms with Crippen molar-refractivity contribution >= 4 is 30.0 Å². The smallest absolute Gasteiger partial charge is 0.212 e. The molecule has 5 rings (SSSR count). The van der Waals surface area contributed by atoms with Crippen LogP contribution >= 0.6 is 0 Å². The number of guanidine groups is 2. The van der Waals surface area contributed by atoms with Crippen LogP contribution in [0.3, 0.4) is 0 Å². The molecule has 0 radical (unpaired) electrons. The van der Waals surface area contributed by atoms with E-state index in [-0.39, 0.29) is 0 Å². The average Bonchev–Trinajstić information content (AvgIpc) is 3.56. The first-order chi connectivity index (χ1) is 15.3. The van der Waals surface area contributed by atoms with Crippen LogP contribution in [0.4, 0.5) is 0 Å². The lowest BCUT2D eigenvalue weighted by atomic mass is 10.1. The fraction of sp³-hybridized carbons (Fsp3) is 0.190.